The van der Waals surface area contributed by atoms with Gasteiger partial charge >= 0.3 is 0 Å². The van der Waals surface area contributed by atoms with Crippen LogP contribution in [-0.2, 0) is 9.53 Å². The molecular formula is C22H32N4O2. The second-order valence-corrected chi connectivity index (χ2v) is 9.04. The summed E-state index contributed by atoms with van der Waals surface area (Å²) in [4.78, 5) is 15.4. The topological polar surface area (TPSA) is 65.6 Å². The minimum Gasteiger partial charge on any atom is -0.379 e. The molecule has 0 bridgehead atoms. The Morgan fingerprint density at radius 3 is 2.61 bits per heavy atom. The van der Waals surface area contributed by atoms with E-state index in [0.717, 1.165) is 39.1 Å². The predicted octanol–water partition coefficient (Wildman–Crippen LogP) is 1.46. The third-order valence-electron chi connectivity index (χ3n) is 7.58. The van der Waals surface area contributed by atoms with Crippen LogP contribution in [0.2, 0.25) is 0 Å². The fraction of sp³-hybridized carbons (Fsp3) is 0.682. The number of hydrogen-bond acceptors (Lipinski definition) is 5. The molecule has 1 aromatic carbocycles. The highest BCUT2D eigenvalue weighted by Crippen LogP contribution is 2.43. The zero-order valence-corrected chi connectivity index (χ0v) is 16.6. The Kier molecular flexibility index (Phi) is 5.13. The van der Waals surface area contributed by atoms with E-state index < -0.39 is 0 Å². The van der Waals surface area contributed by atoms with Gasteiger partial charge in [0.1, 0.15) is 0 Å². The average Bonchev–Trinajstić information content (AvgIpc) is 3.15. The number of fused-ring (bicyclic) bond motifs is 2. The first-order valence-corrected chi connectivity index (χ1v) is 10.9. The van der Waals surface area contributed by atoms with E-state index in [9.17, 15) is 4.79 Å². The van der Waals surface area contributed by atoms with Crippen LogP contribution in [0.3, 0.4) is 0 Å². The van der Waals surface area contributed by atoms with Crippen LogP contribution in [0.5, 0.6) is 0 Å². The molecule has 0 radical (unpaired) electrons. The van der Waals surface area contributed by atoms with Crippen molar-refractivity contribution in [2.45, 2.75) is 50.4 Å². The number of nitrogens with one attached hydrogen (secondary N) is 3. The van der Waals surface area contributed by atoms with Crippen LogP contribution in [0.4, 0.5) is 0 Å². The molecule has 152 valence electrons. The van der Waals surface area contributed by atoms with E-state index in [1.807, 2.05) is 6.07 Å². The highest BCUT2D eigenvalue weighted by Gasteiger charge is 2.49. The minimum atomic E-state index is 0.0735. The first-order chi connectivity index (χ1) is 13.7. The molecule has 1 saturated carbocycles. The number of morpholine rings is 1. The van der Waals surface area contributed by atoms with E-state index in [2.05, 4.69) is 52.3 Å². The summed E-state index contributed by atoms with van der Waals surface area (Å²) in [6, 6.07) is 11.2. The van der Waals surface area contributed by atoms with Crippen molar-refractivity contribution < 1.29 is 9.53 Å². The largest absolute Gasteiger partial charge is 0.379 e. The Morgan fingerprint density at radius 1 is 1.04 bits per heavy atom. The van der Waals surface area contributed by atoms with Crippen molar-refractivity contribution in [1.82, 2.24) is 21.1 Å². The van der Waals surface area contributed by atoms with Crippen molar-refractivity contribution in [2.24, 2.45) is 17.8 Å². The average molecular weight is 385 g/mol. The summed E-state index contributed by atoms with van der Waals surface area (Å²) in [6.07, 6.45) is 3.60. The van der Waals surface area contributed by atoms with Gasteiger partial charge in [-0.2, -0.15) is 0 Å². The highest BCUT2D eigenvalue weighted by molar-refractivity contribution is 5.81. The van der Waals surface area contributed by atoms with Crippen LogP contribution in [0, 0.1) is 17.8 Å². The number of amides is 1. The quantitative estimate of drug-likeness (QED) is 0.736. The molecule has 3 aliphatic heterocycles. The lowest BCUT2D eigenvalue weighted by Crippen LogP contribution is -2.57. The second-order valence-electron chi connectivity index (χ2n) is 9.04. The van der Waals surface area contributed by atoms with Crippen LogP contribution >= 0.6 is 0 Å². The lowest BCUT2D eigenvalue weighted by molar-refractivity contribution is -0.131. The van der Waals surface area contributed by atoms with E-state index in [0.29, 0.717) is 30.1 Å². The molecule has 3 N–H and O–H groups in total. The summed E-state index contributed by atoms with van der Waals surface area (Å²) < 4.78 is 5.54. The van der Waals surface area contributed by atoms with E-state index in [1.165, 1.54) is 12.0 Å². The lowest BCUT2D eigenvalue weighted by atomic mass is 9.67. The summed E-state index contributed by atoms with van der Waals surface area (Å²) >= 11 is 0. The van der Waals surface area contributed by atoms with Gasteiger partial charge in [-0.1, -0.05) is 37.3 Å². The maximum absolute atomic E-state index is 12.9. The zero-order valence-electron chi connectivity index (χ0n) is 16.6. The Morgan fingerprint density at radius 2 is 1.82 bits per heavy atom. The summed E-state index contributed by atoms with van der Waals surface area (Å²) in [7, 11) is 0. The van der Waals surface area contributed by atoms with Gasteiger partial charge in [0.25, 0.3) is 0 Å². The molecule has 7 unspecified atom stereocenters. The Hall–Kier alpha value is -1.47. The number of ether oxygens (including phenoxy) is 1. The van der Waals surface area contributed by atoms with Crippen LogP contribution < -0.4 is 16.2 Å². The van der Waals surface area contributed by atoms with Crippen LogP contribution in [0.15, 0.2) is 30.3 Å². The van der Waals surface area contributed by atoms with Gasteiger partial charge in [0.15, 0.2) is 0 Å². The number of carbonyl (C=O) groups excluding carboxylic acids is 1. The van der Waals surface area contributed by atoms with Crippen molar-refractivity contribution in [3.05, 3.63) is 35.9 Å². The van der Waals surface area contributed by atoms with Gasteiger partial charge in [-0.05, 0) is 36.7 Å². The highest BCUT2D eigenvalue weighted by atomic mass is 16.5. The molecule has 3 saturated heterocycles. The van der Waals surface area contributed by atoms with Crippen molar-refractivity contribution >= 4 is 5.91 Å². The molecule has 4 aliphatic rings. The number of carbonyl (C=O) groups is 1. The third kappa shape index (κ3) is 3.36. The summed E-state index contributed by atoms with van der Waals surface area (Å²) in [6.45, 7) is 5.87. The molecule has 28 heavy (non-hydrogen) atoms. The molecule has 0 aromatic heterocycles. The molecule has 1 aliphatic carbocycles. The molecule has 1 amide bonds. The number of nitrogens with zero attached hydrogens (tertiary/aromatic N) is 1. The molecule has 0 spiro atoms. The number of rotatable bonds is 3. The van der Waals surface area contributed by atoms with Crippen molar-refractivity contribution in [3.63, 3.8) is 0 Å². The van der Waals surface area contributed by atoms with Gasteiger partial charge in [-0.25, -0.2) is 5.43 Å². The molecule has 1 aromatic rings. The van der Waals surface area contributed by atoms with E-state index in [-0.39, 0.29) is 17.7 Å². The van der Waals surface area contributed by atoms with Gasteiger partial charge in [0, 0.05) is 37.0 Å². The van der Waals surface area contributed by atoms with E-state index >= 15 is 0 Å². The van der Waals surface area contributed by atoms with Gasteiger partial charge in [-0.3, -0.25) is 15.1 Å². The first kappa shape index (κ1) is 18.6. The SMILES string of the molecule is CC(c1ccccc1)C1CC2CC3C(CC2NC1=O)NNC3N1CCOCC1. The van der Waals surface area contributed by atoms with Gasteiger partial charge in [-0.15, -0.1) is 0 Å². The minimum absolute atomic E-state index is 0.0735. The second kappa shape index (κ2) is 7.75. The summed E-state index contributed by atoms with van der Waals surface area (Å²) in [5.41, 5.74) is 8.36. The van der Waals surface area contributed by atoms with Crippen molar-refractivity contribution in [2.75, 3.05) is 26.3 Å². The fourth-order valence-electron chi connectivity index (χ4n) is 5.93. The van der Waals surface area contributed by atoms with Gasteiger partial charge in [0.2, 0.25) is 5.91 Å². The van der Waals surface area contributed by atoms with E-state index in [4.69, 9.17) is 4.74 Å². The number of benzene rings is 1. The van der Waals surface area contributed by atoms with Crippen molar-refractivity contribution in [3.8, 4) is 0 Å². The van der Waals surface area contributed by atoms with Crippen LogP contribution in [0.1, 0.15) is 37.7 Å². The number of hydrazine groups is 1. The maximum Gasteiger partial charge on any atom is 0.223 e. The molecule has 7 atom stereocenters. The van der Waals surface area contributed by atoms with Crippen molar-refractivity contribution in [1.29, 1.82) is 0 Å². The summed E-state index contributed by atoms with van der Waals surface area (Å²) in [5.74, 6) is 1.74. The Labute approximate surface area is 167 Å². The molecule has 5 rings (SSSR count). The smallest absolute Gasteiger partial charge is 0.223 e. The molecule has 6 heteroatoms. The van der Waals surface area contributed by atoms with Gasteiger partial charge in [0.05, 0.1) is 19.4 Å². The normalized spacial score (nSPS) is 39.7. The molecular weight excluding hydrogens is 352 g/mol. The zero-order chi connectivity index (χ0) is 19.1. The molecule has 6 nitrogen and oxygen atoms in total. The lowest BCUT2D eigenvalue weighted by Gasteiger charge is -2.46. The molecule has 4 fully saturated rings. The van der Waals surface area contributed by atoms with E-state index in [1.54, 1.807) is 0 Å². The third-order valence-corrected chi connectivity index (χ3v) is 7.58. The van der Waals surface area contributed by atoms with Gasteiger partial charge < -0.3 is 10.1 Å². The fourth-order valence-corrected chi connectivity index (χ4v) is 5.93. The monoisotopic (exact) mass is 384 g/mol. The number of hydrogen-bond donors (Lipinski definition) is 3. The Bertz CT molecular complexity index is 693. The predicted molar refractivity (Wildman–Crippen MR) is 107 cm³/mol. The number of piperidine rings is 1. The Balaban J connectivity index is 1.29. The maximum atomic E-state index is 12.9. The van der Waals surface area contributed by atoms with Crippen LogP contribution in [0.25, 0.3) is 0 Å². The summed E-state index contributed by atoms with van der Waals surface area (Å²) in [5, 5.41) is 3.39. The standard InChI is InChI=1S/C22H32N4O2/c1-14(15-5-3-2-4-6-15)17-11-16-12-18-20(13-19(16)23-22(17)27)24-25-21(18)26-7-9-28-10-8-26/h2-6,14,16-21,24-25H,7-13H2,1H3,(H,23,27). The first-order valence-electron chi connectivity index (χ1n) is 10.9. The van der Waals surface area contributed by atoms with Crippen LogP contribution in [-0.4, -0.2) is 55.4 Å². The molecule has 3 heterocycles.